The maximum Gasteiger partial charge on any atom is 0.267 e. The van der Waals surface area contributed by atoms with Gasteiger partial charge in [0.05, 0.1) is 20.4 Å². The largest absolute Gasteiger partial charge is 0.493 e. The molecule has 2 aromatic carbocycles. The van der Waals surface area contributed by atoms with Crippen LogP contribution in [0.3, 0.4) is 0 Å². The third kappa shape index (κ3) is 4.46. The van der Waals surface area contributed by atoms with E-state index in [1.54, 1.807) is 57.5 Å². The van der Waals surface area contributed by atoms with Crippen molar-refractivity contribution in [1.82, 2.24) is 0 Å². The summed E-state index contributed by atoms with van der Waals surface area (Å²) in [5.41, 5.74) is 1.25. The maximum absolute atomic E-state index is 12.3. The van der Waals surface area contributed by atoms with Crippen molar-refractivity contribution in [1.29, 1.82) is 0 Å². The molecule has 0 unspecified atom stereocenters. The Morgan fingerprint density at radius 1 is 1.14 bits per heavy atom. The minimum Gasteiger partial charge on any atom is -0.493 e. The van der Waals surface area contributed by atoms with Crippen LogP contribution in [0.1, 0.15) is 12.5 Å². The van der Waals surface area contributed by atoms with E-state index < -0.39 is 6.10 Å². The van der Waals surface area contributed by atoms with Crippen LogP contribution in [0.25, 0.3) is 0 Å². The van der Waals surface area contributed by atoms with E-state index in [0.29, 0.717) is 47.5 Å². The number of hydrogen-bond acceptors (Lipinski definition) is 7. The van der Waals surface area contributed by atoms with Crippen LogP contribution in [0.15, 0.2) is 41.6 Å². The summed E-state index contributed by atoms with van der Waals surface area (Å²) in [6.07, 6.45) is 0.663. The average molecular weight is 386 g/mol. The molecular weight excluding hydrogens is 364 g/mol. The third-order valence-electron chi connectivity index (χ3n) is 4.02. The number of nitrogens with zero attached hydrogens (tertiary/aromatic N) is 1. The van der Waals surface area contributed by atoms with E-state index in [-0.39, 0.29) is 5.91 Å². The number of rotatable bonds is 7. The lowest BCUT2D eigenvalue weighted by Gasteiger charge is -2.19. The van der Waals surface area contributed by atoms with Crippen molar-refractivity contribution in [2.24, 2.45) is 5.16 Å². The van der Waals surface area contributed by atoms with Gasteiger partial charge in [-0.25, -0.2) is 0 Å². The summed E-state index contributed by atoms with van der Waals surface area (Å²) in [5.74, 6) is 2.03. The smallest absolute Gasteiger partial charge is 0.267 e. The van der Waals surface area contributed by atoms with Gasteiger partial charge in [-0.15, -0.1) is 0 Å². The second kappa shape index (κ2) is 8.98. The highest BCUT2D eigenvalue weighted by Crippen LogP contribution is 2.32. The number of benzene rings is 2. The molecule has 0 fully saturated rings. The molecule has 2 aromatic rings. The molecule has 0 spiro atoms. The maximum atomic E-state index is 12.3. The zero-order chi connectivity index (χ0) is 19.9. The Morgan fingerprint density at radius 2 is 1.93 bits per heavy atom. The molecule has 0 saturated heterocycles. The molecule has 1 amide bonds. The van der Waals surface area contributed by atoms with Crippen LogP contribution in [0.2, 0.25) is 0 Å². The van der Waals surface area contributed by atoms with Gasteiger partial charge in [-0.05, 0) is 31.2 Å². The molecule has 1 aliphatic rings. The summed E-state index contributed by atoms with van der Waals surface area (Å²) in [6, 6.07) is 10.6. The van der Waals surface area contributed by atoms with Gasteiger partial charge in [0.1, 0.15) is 13.2 Å². The van der Waals surface area contributed by atoms with Crippen LogP contribution in [0.4, 0.5) is 5.69 Å². The number of para-hydroxylation sites is 1. The minimum absolute atomic E-state index is 0.341. The van der Waals surface area contributed by atoms with E-state index in [2.05, 4.69) is 10.5 Å². The normalized spacial score (nSPS) is 13.7. The number of carbonyl (C=O) groups is 1. The van der Waals surface area contributed by atoms with E-state index in [9.17, 15) is 4.79 Å². The Labute approximate surface area is 163 Å². The van der Waals surface area contributed by atoms with E-state index in [1.807, 2.05) is 0 Å². The van der Waals surface area contributed by atoms with Gasteiger partial charge in [0.2, 0.25) is 6.10 Å². The molecule has 0 saturated carbocycles. The average Bonchev–Trinajstić information content (AvgIpc) is 2.73. The minimum atomic E-state index is -0.805. The second-order valence-electron chi connectivity index (χ2n) is 5.91. The molecule has 1 N–H and O–H groups in total. The van der Waals surface area contributed by atoms with Crippen LogP contribution in [-0.4, -0.2) is 45.7 Å². The van der Waals surface area contributed by atoms with Crippen molar-refractivity contribution >= 4 is 17.8 Å². The lowest BCUT2D eigenvalue weighted by Crippen LogP contribution is -2.26. The predicted octanol–water partition coefficient (Wildman–Crippen LogP) is 2.85. The zero-order valence-corrected chi connectivity index (χ0v) is 15.9. The Balaban J connectivity index is 1.60. The summed E-state index contributed by atoms with van der Waals surface area (Å²) in [4.78, 5) is 17.6. The Morgan fingerprint density at radius 3 is 2.68 bits per heavy atom. The van der Waals surface area contributed by atoms with Gasteiger partial charge in [0.15, 0.2) is 23.0 Å². The number of carbonyl (C=O) groups excluding carboxylic acids is 1. The first-order valence-electron chi connectivity index (χ1n) is 8.73. The second-order valence-corrected chi connectivity index (χ2v) is 5.91. The molecule has 1 atom stereocenters. The van der Waals surface area contributed by atoms with Crippen molar-refractivity contribution in [3.05, 3.63) is 42.0 Å². The highest BCUT2D eigenvalue weighted by Gasteiger charge is 2.17. The predicted molar refractivity (Wildman–Crippen MR) is 104 cm³/mol. The molecule has 0 radical (unpaired) electrons. The molecule has 0 aliphatic carbocycles. The van der Waals surface area contributed by atoms with Crippen molar-refractivity contribution in [3.8, 4) is 23.0 Å². The van der Waals surface area contributed by atoms with Gasteiger partial charge in [0, 0.05) is 17.3 Å². The molecule has 8 heteroatoms. The summed E-state index contributed by atoms with van der Waals surface area (Å²) < 4.78 is 21.5. The summed E-state index contributed by atoms with van der Waals surface area (Å²) in [6.45, 7) is 2.60. The highest BCUT2D eigenvalue weighted by molar-refractivity contribution is 5.94. The molecular formula is C20H22N2O6. The molecule has 0 bridgehead atoms. The summed E-state index contributed by atoms with van der Waals surface area (Å²) in [5, 5.41) is 6.66. The number of amides is 1. The Kier molecular flexibility index (Phi) is 6.21. The van der Waals surface area contributed by atoms with Gasteiger partial charge >= 0.3 is 0 Å². The number of nitrogens with one attached hydrogen (secondary N) is 1. The molecule has 8 nitrogen and oxygen atoms in total. The van der Waals surface area contributed by atoms with Crippen molar-refractivity contribution in [2.45, 2.75) is 13.0 Å². The Hall–Kier alpha value is -3.42. The first-order chi connectivity index (χ1) is 13.6. The number of anilines is 1. The van der Waals surface area contributed by atoms with E-state index in [0.717, 1.165) is 0 Å². The summed E-state index contributed by atoms with van der Waals surface area (Å²) >= 11 is 0. The lowest BCUT2D eigenvalue weighted by molar-refractivity contribution is -0.126. The first kappa shape index (κ1) is 19.3. The standard InChI is InChI=1S/C20H22N2O6/c1-13(28-21-12-14-5-4-6-17(24-2)19(14)25-3)20(23)22-15-7-8-16-18(11-15)27-10-9-26-16/h4-8,11-13H,9-10H2,1-3H3,(H,22,23)/b21-12-/t13-/m1/s1. The van der Waals surface area contributed by atoms with Gasteiger partial charge in [0.25, 0.3) is 5.91 Å². The lowest BCUT2D eigenvalue weighted by atomic mass is 10.2. The van der Waals surface area contributed by atoms with Gasteiger partial charge in [-0.2, -0.15) is 0 Å². The van der Waals surface area contributed by atoms with Crippen LogP contribution in [-0.2, 0) is 9.63 Å². The molecule has 3 rings (SSSR count). The van der Waals surface area contributed by atoms with Crippen LogP contribution in [0, 0.1) is 0 Å². The molecule has 1 aliphatic heterocycles. The summed E-state index contributed by atoms with van der Waals surface area (Å²) in [7, 11) is 3.10. The highest BCUT2D eigenvalue weighted by atomic mass is 16.6. The van der Waals surface area contributed by atoms with E-state index in [4.69, 9.17) is 23.8 Å². The fourth-order valence-corrected chi connectivity index (χ4v) is 2.61. The van der Waals surface area contributed by atoms with Gasteiger partial charge in [-0.3, -0.25) is 4.79 Å². The van der Waals surface area contributed by atoms with Crippen LogP contribution < -0.4 is 24.3 Å². The molecule has 1 heterocycles. The SMILES string of the molecule is COc1cccc(/C=N\O[C@H](C)C(=O)Nc2ccc3c(c2)OCCO3)c1OC. The Bertz CT molecular complexity index is 868. The van der Waals surface area contributed by atoms with Crippen LogP contribution >= 0.6 is 0 Å². The van der Waals surface area contributed by atoms with Crippen molar-refractivity contribution in [2.75, 3.05) is 32.8 Å². The molecule has 0 aromatic heterocycles. The van der Waals surface area contributed by atoms with Crippen molar-refractivity contribution < 1.29 is 28.6 Å². The zero-order valence-electron chi connectivity index (χ0n) is 15.9. The number of fused-ring (bicyclic) bond motifs is 1. The number of oxime groups is 1. The van der Waals surface area contributed by atoms with Crippen LogP contribution in [0.5, 0.6) is 23.0 Å². The first-order valence-corrected chi connectivity index (χ1v) is 8.73. The van der Waals surface area contributed by atoms with Gasteiger partial charge < -0.3 is 29.1 Å². The number of methoxy groups -OCH3 is 2. The quantitative estimate of drug-likeness (QED) is 0.582. The molecule has 148 valence electrons. The van der Waals surface area contributed by atoms with Gasteiger partial charge in [-0.1, -0.05) is 11.2 Å². The fourth-order valence-electron chi connectivity index (χ4n) is 2.61. The third-order valence-corrected chi connectivity index (χ3v) is 4.02. The number of hydrogen-bond donors (Lipinski definition) is 1. The molecule has 28 heavy (non-hydrogen) atoms. The van der Waals surface area contributed by atoms with Crippen molar-refractivity contribution in [3.63, 3.8) is 0 Å². The fraction of sp³-hybridized carbons (Fsp3) is 0.300. The topological polar surface area (TPSA) is 87.6 Å². The van der Waals surface area contributed by atoms with E-state index >= 15 is 0 Å². The number of ether oxygens (including phenoxy) is 4. The van der Waals surface area contributed by atoms with E-state index in [1.165, 1.54) is 6.21 Å². The monoisotopic (exact) mass is 386 g/mol.